The molecule has 3 heteroatoms. The van der Waals surface area contributed by atoms with E-state index in [0.29, 0.717) is 0 Å². The average molecular weight is 158 g/mol. The number of hydrogen-bond donors (Lipinski definition) is 1. The van der Waals surface area contributed by atoms with Gasteiger partial charge in [-0.1, -0.05) is 26.2 Å². The lowest BCUT2D eigenvalue weighted by Crippen LogP contribution is -2.16. The molecule has 0 unspecified atom stereocenters. The fraction of sp³-hybridized carbons (Fsp3) is 0.857. The monoisotopic (exact) mass is 158 g/mol. The van der Waals surface area contributed by atoms with Gasteiger partial charge in [0.05, 0.1) is 13.1 Å². The van der Waals surface area contributed by atoms with Crippen LogP contribution in [0.3, 0.4) is 0 Å². The van der Waals surface area contributed by atoms with Crippen molar-refractivity contribution >= 4 is 18.7 Å². The van der Waals surface area contributed by atoms with Crippen LogP contribution in [0.15, 0.2) is 4.99 Å². The van der Waals surface area contributed by atoms with Crippen molar-refractivity contribution < 1.29 is 0 Å². The first kappa shape index (κ1) is 7.92. The zero-order chi connectivity index (χ0) is 7.40. The van der Waals surface area contributed by atoms with Crippen molar-refractivity contribution in [3.63, 3.8) is 0 Å². The maximum atomic E-state index is 4.32. The molecule has 0 radical (unpaired) electrons. The van der Waals surface area contributed by atoms with Crippen LogP contribution in [0.1, 0.15) is 26.2 Å². The number of aliphatic imine (C=N–C) groups is 1. The largest absolute Gasteiger partial charge is 0.305 e. The molecule has 0 aromatic heterocycles. The Bertz CT molecular complexity index is 134. The Labute approximate surface area is 67.9 Å². The van der Waals surface area contributed by atoms with E-state index in [1.165, 1.54) is 18.7 Å². The van der Waals surface area contributed by atoms with Crippen LogP contribution in [0.4, 0.5) is 0 Å². The van der Waals surface area contributed by atoms with Gasteiger partial charge in [-0.15, -0.1) is 0 Å². The normalized spacial score (nSPS) is 17.8. The highest BCUT2D eigenvalue weighted by Gasteiger charge is 2.11. The zero-order valence-corrected chi connectivity index (χ0v) is 7.27. The first-order valence-electron chi connectivity index (χ1n) is 3.84. The maximum Gasteiger partial charge on any atom is 0.109 e. The minimum absolute atomic E-state index is 0.933. The van der Waals surface area contributed by atoms with Crippen molar-refractivity contribution in [3.05, 3.63) is 0 Å². The van der Waals surface area contributed by atoms with Gasteiger partial charge in [-0.25, -0.2) is 0 Å². The second-order valence-corrected chi connectivity index (χ2v) is 3.01. The molecule has 0 aromatic rings. The summed E-state index contributed by atoms with van der Waals surface area (Å²) >= 11 is 4.26. The third kappa shape index (κ3) is 1.90. The molecule has 0 atom stereocenters. The fourth-order valence-electron chi connectivity index (χ4n) is 1.03. The van der Waals surface area contributed by atoms with E-state index >= 15 is 0 Å². The van der Waals surface area contributed by atoms with Gasteiger partial charge >= 0.3 is 0 Å². The SMILES string of the molecule is CCCCC1=NCCN1S. The number of amidine groups is 1. The van der Waals surface area contributed by atoms with Gasteiger partial charge in [-0.2, -0.15) is 0 Å². The molecule has 58 valence electrons. The summed E-state index contributed by atoms with van der Waals surface area (Å²) in [4.78, 5) is 4.32. The standard InChI is InChI=1S/C7H14N2S/c1-2-3-4-7-8-5-6-9(7)10/h10H,2-6H2,1H3. The Hall–Kier alpha value is -0.180. The quantitative estimate of drug-likeness (QED) is 0.618. The summed E-state index contributed by atoms with van der Waals surface area (Å²) in [5.74, 6) is 1.17. The van der Waals surface area contributed by atoms with E-state index < -0.39 is 0 Å². The molecule has 1 aliphatic rings. The maximum absolute atomic E-state index is 4.32. The Kier molecular flexibility index (Phi) is 3.06. The Morgan fingerprint density at radius 2 is 2.50 bits per heavy atom. The van der Waals surface area contributed by atoms with Crippen LogP contribution in [0.5, 0.6) is 0 Å². The number of hydrogen-bond acceptors (Lipinski definition) is 3. The zero-order valence-electron chi connectivity index (χ0n) is 6.38. The highest BCUT2D eigenvalue weighted by atomic mass is 32.1. The molecule has 0 spiro atoms. The molecule has 0 aromatic carbocycles. The molecule has 0 amide bonds. The number of unbranched alkanes of at least 4 members (excludes halogenated alkanes) is 1. The average Bonchev–Trinajstić information content (AvgIpc) is 2.31. The molecular weight excluding hydrogens is 144 g/mol. The van der Waals surface area contributed by atoms with E-state index in [2.05, 4.69) is 24.7 Å². The van der Waals surface area contributed by atoms with Crippen molar-refractivity contribution in [3.8, 4) is 0 Å². The Balaban J connectivity index is 2.26. The first-order valence-corrected chi connectivity index (χ1v) is 4.24. The van der Waals surface area contributed by atoms with E-state index in [1.807, 2.05) is 4.31 Å². The molecular formula is C7H14N2S. The van der Waals surface area contributed by atoms with Gasteiger partial charge in [-0.05, 0) is 6.42 Å². The second kappa shape index (κ2) is 3.86. The van der Waals surface area contributed by atoms with Gasteiger partial charge in [0.2, 0.25) is 0 Å². The van der Waals surface area contributed by atoms with Crippen LogP contribution >= 0.6 is 12.8 Å². The van der Waals surface area contributed by atoms with Crippen LogP contribution in [-0.4, -0.2) is 23.2 Å². The molecule has 10 heavy (non-hydrogen) atoms. The highest BCUT2D eigenvalue weighted by Crippen LogP contribution is 2.09. The molecule has 0 aliphatic carbocycles. The predicted molar refractivity (Wildman–Crippen MR) is 47.5 cm³/mol. The van der Waals surface area contributed by atoms with Crippen LogP contribution in [0.25, 0.3) is 0 Å². The summed E-state index contributed by atoms with van der Waals surface area (Å²) in [6.45, 7) is 4.11. The molecule has 1 aliphatic heterocycles. The smallest absolute Gasteiger partial charge is 0.109 e. The predicted octanol–water partition coefficient (Wildman–Crippen LogP) is 1.74. The molecule has 2 nitrogen and oxygen atoms in total. The second-order valence-electron chi connectivity index (χ2n) is 2.52. The van der Waals surface area contributed by atoms with Gasteiger partial charge < -0.3 is 4.31 Å². The van der Waals surface area contributed by atoms with Gasteiger partial charge in [0.25, 0.3) is 0 Å². The summed E-state index contributed by atoms with van der Waals surface area (Å²) in [7, 11) is 0. The first-order chi connectivity index (χ1) is 4.84. The molecule has 0 N–H and O–H groups in total. The van der Waals surface area contributed by atoms with E-state index in [-0.39, 0.29) is 0 Å². The van der Waals surface area contributed by atoms with Gasteiger partial charge in [0.1, 0.15) is 5.84 Å². The molecule has 1 rings (SSSR count). The number of thiol groups is 1. The Morgan fingerprint density at radius 3 is 3.00 bits per heavy atom. The van der Waals surface area contributed by atoms with E-state index in [0.717, 1.165) is 19.5 Å². The highest BCUT2D eigenvalue weighted by molar-refractivity contribution is 7.78. The van der Waals surface area contributed by atoms with Crippen LogP contribution in [0.2, 0.25) is 0 Å². The summed E-state index contributed by atoms with van der Waals surface area (Å²) in [6, 6.07) is 0. The van der Waals surface area contributed by atoms with Crippen LogP contribution < -0.4 is 0 Å². The minimum Gasteiger partial charge on any atom is -0.305 e. The summed E-state index contributed by atoms with van der Waals surface area (Å²) in [6.07, 6.45) is 3.57. The van der Waals surface area contributed by atoms with Crippen molar-refractivity contribution in [1.82, 2.24) is 4.31 Å². The third-order valence-corrected chi connectivity index (χ3v) is 2.09. The van der Waals surface area contributed by atoms with Crippen molar-refractivity contribution in [2.24, 2.45) is 4.99 Å². The van der Waals surface area contributed by atoms with E-state index in [1.54, 1.807) is 0 Å². The molecule has 0 saturated carbocycles. The van der Waals surface area contributed by atoms with Gasteiger partial charge in [0.15, 0.2) is 0 Å². The third-order valence-electron chi connectivity index (χ3n) is 1.66. The fourth-order valence-corrected chi connectivity index (χ4v) is 1.28. The van der Waals surface area contributed by atoms with E-state index in [9.17, 15) is 0 Å². The lowest BCUT2D eigenvalue weighted by Gasteiger charge is -2.10. The molecule has 0 fully saturated rings. The minimum atomic E-state index is 0.933. The van der Waals surface area contributed by atoms with Crippen molar-refractivity contribution in [2.45, 2.75) is 26.2 Å². The lowest BCUT2D eigenvalue weighted by atomic mass is 10.2. The summed E-state index contributed by atoms with van der Waals surface area (Å²) in [5.41, 5.74) is 0. The van der Waals surface area contributed by atoms with Gasteiger partial charge in [0, 0.05) is 6.42 Å². The van der Waals surface area contributed by atoms with Crippen LogP contribution in [-0.2, 0) is 0 Å². The lowest BCUT2D eigenvalue weighted by molar-refractivity contribution is 0.711. The molecule has 1 heterocycles. The Morgan fingerprint density at radius 1 is 1.70 bits per heavy atom. The number of rotatable bonds is 3. The topological polar surface area (TPSA) is 15.6 Å². The summed E-state index contributed by atoms with van der Waals surface area (Å²) in [5, 5.41) is 0. The van der Waals surface area contributed by atoms with E-state index in [4.69, 9.17) is 0 Å². The molecule has 0 saturated heterocycles. The molecule has 0 bridgehead atoms. The van der Waals surface area contributed by atoms with Gasteiger partial charge in [-0.3, -0.25) is 4.99 Å². The van der Waals surface area contributed by atoms with Crippen LogP contribution in [0, 0.1) is 0 Å². The van der Waals surface area contributed by atoms with Crippen molar-refractivity contribution in [1.29, 1.82) is 0 Å². The van der Waals surface area contributed by atoms with Crippen molar-refractivity contribution in [2.75, 3.05) is 13.1 Å². The summed E-state index contributed by atoms with van der Waals surface area (Å²) < 4.78 is 1.95. The number of nitrogens with zero attached hydrogens (tertiary/aromatic N) is 2.